The van der Waals surface area contributed by atoms with Crippen molar-refractivity contribution in [2.24, 2.45) is 0 Å². The standard InChI is InChI=1S/C21H21N7O4/c1-31-14-3-2-13-12-28(20(30)15(13)10-14)21-26-25-19(32-21)18(29)24-16-11-23-5-4-17(16)27-8-6-22-7-9-27/h2-5,10-11,22H,6-9,12H2,1H3,(H,24,29). The first kappa shape index (κ1) is 19.9. The molecule has 2 aliphatic heterocycles. The summed E-state index contributed by atoms with van der Waals surface area (Å²) >= 11 is 0. The van der Waals surface area contributed by atoms with Crippen LogP contribution in [0.25, 0.3) is 0 Å². The maximum absolute atomic E-state index is 12.8. The molecule has 1 saturated heterocycles. The van der Waals surface area contributed by atoms with Gasteiger partial charge in [0.25, 0.3) is 5.91 Å². The van der Waals surface area contributed by atoms with Gasteiger partial charge in [0.1, 0.15) is 5.75 Å². The summed E-state index contributed by atoms with van der Waals surface area (Å²) in [7, 11) is 1.54. The van der Waals surface area contributed by atoms with E-state index in [1.807, 2.05) is 12.1 Å². The number of benzene rings is 1. The average Bonchev–Trinajstić information content (AvgIpc) is 3.45. The van der Waals surface area contributed by atoms with Crippen LogP contribution in [-0.2, 0) is 6.54 Å². The maximum atomic E-state index is 12.8. The van der Waals surface area contributed by atoms with Crippen molar-refractivity contribution in [3.8, 4) is 5.75 Å². The molecule has 3 aromatic rings. The van der Waals surface area contributed by atoms with Gasteiger partial charge in [-0.15, -0.1) is 5.10 Å². The molecule has 164 valence electrons. The van der Waals surface area contributed by atoms with E-state index in [1.54, 1.807) is 24.5 Å². The summed E-state index contributed by atoms with van der Waals surface area (Å²) in [5.74, 6) is -0.514. The van der Waals surface area contributed by atoms with Gasteiger partial charge in [-0.1, -0.05) is 11.2 Å². The number of pyridine rings is 1. The smallest absolute Gasteiger partial charge is 0.326 e. The highest BCUT2D eigenvalue weighted by molar-refractivity contribution is 6.09. The van der Waals surface area contributed by atoms with Gasteiger partial charge in [-0.2, -0.15) is 0 Å². The summed E-state index contributed by atoms with van der Waals surface area (Å²) in [6.45, 7) is 3.64. The fourth-order valence-electron chi connectivity index (χ4n) is 3.82. The number of piperazine rings is 1. The second-order valence-corrected chi connectivity index (χ2v) is 7.39. The topological polar surface area (TPSA) is 126 Å². The summed E-state index contributed by atoms with van der Waals surface area (Å²) in [5.41, 5.74) is 2.74. The molecule has 0 radical (unpaired) electrons. The number of nitrogens with zero attached hydrogens (tertiary/aromatic N) is 5. The molecule has 2 aliphatic rings. The molecule has 2 amide bonds. The van der Waals surface area contributed by atoms with E-state index in [-0.39, 0.29) is 24.4 Å². The van der Waals surface area contributed by atoms with Crippen LogP contribution >= 0.6 is 0 Å². The number of fused-ring (bicyclic) bond motifs is 1. The lowest BCUT2D eigenvalue weighted by Gasteiger charge is -2.30. The fraction of sp³-hybridized carbons (Fsp3) is 0.286. The minimum atomic E-state index is -0.570. The predicted molar refractivity (Wildman–Crippen MR) is 115 cm³/mol. The summed E-state index contributed by atoms with van der Waals surface area (Å²) in [5, 5.41) is 13.8. The van der Waals surface area contributed by atoms with Crippen molar-refractivity contribution in [1.29, 1.82) is 0 Å². The first-order chi connectivity index (χ1) is 15.6. The maximum Gasteiger partial charge on any atom is 0.326 e. The van der Waals surface area contributed by atoms with Gasteiger partial charge >= 0.3 is 17.8 Å². The van der Waals surface area contributed by atoms with Crippen molar-refractivity contribution in [2.45, 2.75) is 6.54 Å². The molecule has 0 aliphatic carbocycles. The first-order valence-electron chi connectivity index (χ1n) is 10.2. The minimum absolute atomic E-state index is 0.0381. The van der Waals surface area contributed by atoms with Crippen molar-refractivity contribution in [3.05, 3.63) is 53.7 Å². The number of nitrogens with one attached hydrogen (secondary N) is 2. The van der Waals surface area contributed by atoms with Crippen LogP contribution in [0, 0.1) is 0 Å². The Balaban J connectivity index is 1.33. The Kier molecular flexibility index (Phi) is 5.15. The van der Waals surface area contributed by atoms with Crippen molar-refractivity contribution in [3.63, 3.8) is 0 Å². The number of aromatic nitrogens is 3. The van der Waals surface area contributed by atoms with Gasteiger partial charge in [-0.3, -0.25) is 19.5 Å². The molecule has 0 bridgehead atoms. The Morgan fingerprint density at radius 2 is 2.06 bits per heavy atom. The van der Waals surface area contributed by atoms with Crippen LogP contribution in [0.4, 0.5) is 17.4 Å². The molecule has 4 heterocycles. The molecular weight excluding hydrogens is 414 g/mol. The lowest BCUT2D eigenvalue weighted by atomic mass is 10.1. The molecule has 0 saturated carbocycles. The molecule has 0 atom stereocenters. The number of amides is 2. The molecule has 1 fully saturated rings. The van der Waals surface area contributed by atoms with E-state index in [0.29, 0.717) is 17.0 Å². The third kappa shape index (κ3) is 3.62. The zero-order valence-electron chi connectivity index (χ0n) is 17.4. The van der Waals surface area contributed by atoms with Gasteiger partial charge in [0, 0.05) is 37.9 Å². The Bertz CT molecular complexity index is 1170. The Morgan fingerprint density at radius 1 is 1.22 bits per heavy atom. The molecule has 11 nitrogen and oxygen atoms in total. The van der Waals surface area contributed by atoms with Crippen LogP contribution in [0.15, 0.2) is 41.1 Å². The number of anilines is 3. The average molecular weight is 435 g/mol. The number of rotatable bonds is 5. The van der Waals surface area contributed by atoms with Crippen LogP contribution < -0.4 is 25.2 Å². The molecule has 11 heteroatoms. The second kappa shape index (κ2) is 8.27. The highest BCUT2D eigenvalue weighted by Crippen LogP contribution is 2.30. The molecule has 0 spiro atoms. The van der Waals surface area contributed by atoms with E-state index in [0.717, 1.165) is 37.4 Å². The number of methoxy groups -OCH3 is 1. The van der Waals surface area contributed by atoms with Crippen molar-refractivity contribution in [2.75, 3.05) is 48.4 Å². The van der Waals surface area contributed by atoms with E-state index in [2.05, 4.69) is 30.7 Å². The summed E-state index contributed by atoms with van der Waals surface area (Å²) in [6.07, 6.45) is 3.27. The monoisotopic (exact) mass is 435 g/mol. The predicted octanol–water partition coefficient (Wildman–Crippen LogP) is 1.30. The molecule has 0 unspecified atom stereocenters. The van der Waals surface area contributed by atoms with E-state index < -0.39 is 5.91 Å². The number of ether oxygens (including phenoxy) is 1. The van der Waals surface area contributed by atoms with Gasteiger partial charge in [-0.05, 0) is 23.8 Å². The molecule has 5 rings (SSSR count). The Labute approximate surface area is 183 Å². The van der Waals surface area contributed by atoms with E-state index in [9.17, 15) is 9.59 Å². The van der Waals surface area contributed by atoms with Gasteiger partial charge in [0.15, 0.2) is 0 Å². The molecule has 2 aromatic heterocycles. The van der Waals surface area contributed by atoms with Gasteiger partial charge < -0.3 is 24.7 Å². The summed E-state index contributed by atoms with van der Waals surface area (Å²) in [6, 6.07) is 7.09. The summed E-state index contributed by atoms with van der Waals surface area (Å²) in [4.78, 5) is 33.2. The third-order valence-corrected chi connectivity index (χ3v) is 5.46. The van der Waals surface area contributed by atoms with Crippen LogP contribution in [0.2, 0.25) is 0 Å². The fourth-order valence-corrected chi connectivity index (χ4v) is 3.82. The molecule has 32 heavy (non-hydrogen) atoms. The number of hydrogen-bond donors (Lipinski definition) is 2. The second-order valence-electron chi connectivity index (χ2n) is 7.39. The van der Waals surface area contributed by atoms with Gasteiger partial charge in [0.05, 0.1) is 31.2 Å². The van der Waals surface area contributed by atoms with Crippen LogP contribution in [0.5, 0.6) is 5.75 Å². The number of carbonyl (C=O) groups is 2. The van der Waals surface area contributed by atoms with Gasteiger partial charge in [-0.25, -0.2) is 0 Å². The van der Waals surface area contributed by atoms with Crippen LogP contribution in [0.1, 0.15) is 26.6 Å². The zero-order chi connectivity index (χ0) is 22.1. The van der Waals surface area contributed by atoms with E-state index in [4.69, 9.17) is 9.15 Å². The van der Waals surface area contributed by atoms with Crippen molar-refractivity contribution in [1.82, 2.24) is 20.5 Å². The summed E-state index contributed by atoms with van der Waals surface area (Å²) < 4.78 is 10.7. The molecule has 2 N–H and O–H groups in total. The minimum Gasteiger partial charge on any atom is -0.497 e. The van der Waals surface area contributed by atoms with E-state index >= 15 is 0 Å². The lowest BCUT2D eigenvalue weighted by Crippen LogP contribution is -2.43. The first-order valence-corrected chi connectivity index (χ1v) is 10.2. The highest BCUT2D eigenvalue weighted by Gasteiger charge is 2.33. The highest BCUT2D eigenvalue weighted by atomic mass is 16.5. The number of hydrogen-bond acceptors (Lipinski definition) is 9. The third-order valence-electron chi connectivity index (χ3n) is 5.46. The lowest BCUT2D eigenvalue weighted by molar-refractivity contribution is 0.0971. The molecule has 1 aromatic carbocycles. The Morgan fingerprint density at radius 3 is 2.88 bits per heavy atom. The zero-order valence-corrected chi connectivity index (χ0v) is 17.4. The van der Waals surface area contributed by atoms with Crippen molar-refractivity contribution < 1.29 is 18.7 Å². The quantitative estimate of drug-likeness (QED) is 0.610. The van der Waals surface area contributed by atoms with Gasteiger partial charge in [0.2, 0.25) is 0 Å². The largest absolute Gasteiger partial charge is 0.497 e. The molecular formula is C21H21N7O4. The van der Waals surface area contributed by atoms with Crippen LogP contribution in [-0.4, -0.2) is 60.3 Å². The van der Waals surface area contributed by atoms with E-state index in [1.165, 1.54) is 12.0 Å². The Hall–Kier alpha value is -3.99. The van der Waals surface area contributed by atoms with Crippen molar-refractivity contribution >= 4 is 29.2 Å². The SMILES string of the molecule is COc1ccc2c(c1)C(=O)N(c1nnc(C(=O)Nc3cnccc3N3CCNCC3)o1)C2. The van der Waals surface area contributed by atoms with Crippen LogP contribution in [0.3, 0.4) is 0 Å². The normalized spacial score (nSPS) is 15.6. The number of carbonyl (C=O) groups excluding carboxylic acids is 2.